The summed E-state index contributed by atoms with van der Waals surface area (Å²) in [5.41, 5.74) is 3.57. The fourth-order valence-electron chi connectivity index (χ4n) is 3.60. The number of phenols is 1. The standard InChI is InChI=1S/C28H20ClN3O3S/c29-23-12-13-25(33)22(15-23)16-26-27(34)32(18-24-7-4-14-35-24)28(36-26)31-30-17-19-8-10-21(11-9-19)20-5-2-1-3-6-20/h1-17,33H,18H2/b26-16-,30-17+,31-28-. The van der Waals surface area contributed by atoms with Crippen molar-refractivity contribution in [3.05, 3.63) is 118 Å². The van der Waals surface area contributed by atoms with Gasteiger partial charge in [-0.2, -0.15) is 5.10 Å². The highest BCUT2D eigenvalue weighted by molar-refractivity contribution is 8.18. The fourth-order valence-corrected chi connectivity index (χ4v) is 4.71. The zero-order chi connectivity index (χ0) is 24.9. The van der Waals surface area contributed by atoms with Crippen LogP contribution in [0.1, 0.15) is 16.9 Å². The molecular formula is C28H20ClN3O3S. The van der Waals surface area contributed by atoms with E-state index in [1.54, 1.807) is 42.8 Å². The lowest BCUT2D eigenvalue weighted by molar-refractivity contribution is -0.122. The maximum absolute atomic E-state index is 13.2. The Balaban J connectivity index is 1.39. The van der Waals surface area contributed by atoms with Crippen molar-refractivity contribution in [2.24, 2.45) is 10.2 Å². The molecule has 36 heavy (non-hydrogen) atoms. The average molecular weight is 514 g/mol. The van der Waals surface area contributed by atoms with Gasteiger partial charge in [0.05, 0.1) is 23.9 Å². The number of hydrogen-bond donors (Lipinski definition) is 1. The highest BCUT2D eigenvalue weighted by Gasteiger charge is 2.34. The summed E-state index contributed by atoms with van der Waals surface area (Å²) in [7, 11) is 0. The number of aromatic hydroxyl groups is 1. The summed E-state index contributed by atoms with van der Waals surface area (Å²) in [4.78, 5) is 15.1. The van der Waals surface area contributed by atoms with Crippen LogP contribution in [0.2, 0.25) is 5.02 Å². The van der Waals surface area contributed by atoms with E-state index in [9.17, 15) is 9.90 Å². The number of halogens is 1. The lowest BCUT2D eigenvalue weighted by Gasteiger charge is -2.12. The van der Waals surface area contributed by atoms with Crippen LogP contribution in [0.25, 0.3) is 17.2 Å². The highest BCUT2D eigenvalue weighted by atomic mass is 35.5. The minimum Gasteiger partial charge on any atom is -0.507 e. The van der Waals surface area contributed by atoms with Crippen molar-refractivity contribution in [3.63, 3.8) is 0 Å². The van der Waals surface area contributed by atoms with E-state index in [4.69, 9.17) is 16.0 Å². The van der Waals surface area contributed by atoms with E-state index in [1.165, 1.54) is 22.7 Å². The van der Waals surface area contributed by atoms with Gasteiger partial charge in [0.25, 0.3) is 5.91 Å². The molecule has 0 aliphatic carbocycles. The second kappa shape index (κ2) is 10.7. The zero-order valence-electron chi connectivity index (χ0n) is 18.9. The van der Waals surface area contributed by atoms with E-state index in [-0.39, 0.29) is 18.2 Å². The first-order valence-corrected chi connectivity index (χ1v) is 12.2. The van der Waals surface area contributed by atoms with Gasteiger partial charge < -0.3 is 9.52 Å². The summed E-state index contributed by atoms with van der Waals surface area (Å²) in [6.45, 7) is 0.206. The van der Waals surface area contributed by atoms with Crippen LogP contribution in [0.15, 0.2) is 111 Å². The Bertz CT molecular complexity index is 1460. The molecule has 178 valence electrons. The number of carbonyl (C=O) groups is 1. The Labute approximate surface area is 217 Å². The number of amidine groups is 1. The lowest BCUT2D eigenvalue weighted by atomic mass is 10.0. The van der Waals surface area contributed by atoms with Gasteiger partial charge in [-0.1, -0.05) is 66.2 Å². The van der Waals surface area contributed by atoms with Crippen LogP contribution in [0, 0.1) is 0 Å². The summed E-state index contributed by atoms with van der Waals surface area (Å²) in [5, 5.41) is 19.6. The summed E-state index contributed by atoms with van der Waals surface area (Å²) in [6.07, 6.45) is 4.79. The molecule has 3 aromatic carbocycles. The van der Waals surface area contributed by atoms with Gasteiger partial charge in [0.1, 0.15) is 11.5 Å². The van der Waals surface area contributed by atoms with E-state index in [0.717, 1.165) is 16.7 Å². The highest BCUT2D eigenvalue weighted by Crippen LogP contribution is 2.35. The number of amides is 1. The van der Waals surface area contributed by atoms with Gasteiger partial charge in [-0.05, 0) is 64.9 Å². The third-order valence-corrected chi connectivity index (χ3v) is 6.66. The molecule has 1 aromatic heterocycles. The fraction of sp³-hybridized carbons (Fsp3) is 0.0357. The lowest BCUT2D eigenvalue weighted by Crippen LogP contribution is -2.28. The number of furan rings is 1. The van der Waals surface area contributed by atoms with E-state index >= 15 is 0 Å². The average Bonchev–Trinajstić information content (AvgIpc) is 3.51. The maximum Gasteiger partial charge on any atom is 0.267 e. The van der Waals surface area contributed by atoms with Gasteiger partial charge in [0.2, 0.25) is 0 Å². The molecule has 0 saturated carbocycles. The van der Waals surface area contributed by atoms with E-state index in [2.05, 4.69) is 22.3 Å². The molecule has 1 fully saturated rings. The van der Waals surface area contributed by atoms with Crippen molar-refractivity contribution < 1.29 is 14.3 Å². The van der Waals surface area contributed by atoms with Crippen molar-refractivity contribution in [1.29, 1.82) is 0 Å². The van der Waals surface area contributed by atoms with Gasteiger partial charge in [0, 0.05) is 10.6 Å². The van der Waals surface area contributed by atoms with Gasteiger partial charge in [0.15, 0.2) is 5.17 Å². The largest absolute Gasteiger partial charge is 0.507 e. The van der Waals surface area contributed by atoms with E-state index in [1.807, 2.05) is 42.5 Å². The Hall–Kier alpha value is -4.07. The van der Waals surface area contributed by atoms with Crippen LogP contribution in [0.3, 0.4) is 0 Å². The molecule has 1 aliphatic heterocycles. The molecule has 0 atom stereocenters. The minimum absolute atomic E-state index is 0.0280. The number of carbonyl (C=O) groups excluding carboxylic acids is 1. The predicted octanol–water partition coefficient (Wildman–Crippen LogP) is 6.81. The summed E-state index contributed by atoms with van der Waals surface area (Å²) in [6, 6.07) is 26.3. The predicted molar refractivity (Wildman–Crippen MR) is 145 cm³/mol. The molecule has 0 bridgehead atoms. The number of nitrogens with zero attached hydrogens (tertiary/aromatic N) is 3. The Morgan fingerprint density at radius 1 is 0.972 bits per heavy atom. The molecule has 4 aromatic rings. The maximum atomic E-state index is 13.2. The molecule has 0 spiro atoms. The number of rotatable bonds is 6. The van der Waals surface area contributed by atoms with Crippen molar-refractivity contribution in [2.75, 3.05) is 0 Å². The summed E-state index contributed by atoms with van der Waals surface area (Å²) < 4.78 is 5.43. The Morgan fingerprint density at radius 2 is 1.75 bits per heavy atom. The number of hydrogen-bond acceptors (Lipinski definition) is 6. The first-order chi connectivity index (χ1) is 17.6. The Morgan fingerprint density at radius 3 is 2.50 bits per heavy atom. The molecule has 6 nitrogen and oxygen atoms in total. The molecule has 1 N–H and O–H groups in total. The summed E-state index contributed by atoms with van der Waals surface area (Å²) in [5.74, 6) is 0.376. The van der Waals surface area contributed by atoms with Crippen molar-refractivity contribution in [1.82, 2.24) is 4.90 Å². The number of thioether (sulfide) groups is 1. The van der Waals surface area contributed by atoms with E-state index in [0.29, 0.717) is 26.4 Å². The molecule has 0 unspecified atom stereocenters. The van der Waals surface area contributed by atoms with Crippen LogP contribution < -0.4 is 0 Å². The van der Waals surface area contributed by atoms with Crippen LogP contribution in [0.4, 0.5) is 0 Å². The smallest absolute Gasteiger partial charge is 0.267 e. The second-order valence-corrected chi connectivity index (χ2v) is 9.35. The number of phenolic OH excluding ortho intramolecular Hbond substituents is 1. The third-order valence-electron chi connectivity index (χ3n) is 5.43. The normalized spacial score (nSPS) is 16.0. The minimum atomic E-state index is -0.267. The quantitative estimate of drug-likeness (QED) is 0.174. The topological polar surface area (TPSA) is 78.4 Å². The van der Waals surface area contributed by atoms with Gasteiger partial charge in [-0.25, -0.2) is 0 Å². The van der Waals surface area contributed by atoms with Crippen LogP contribution in [0.5, 0.6) is 5.75 Å². The second-order valence-electron chi connectivity index (χ2n) is 7.90. The van der Waals surface area contributed by atoms with Gasteiger partial charge >= 0.3 is 0 Å². The zero-order valence-corrected chi connectivity index (χ0v) is 20.5. The molecule has 5 rings (SSSR count). The molecular weight excluding hydrogens is 494 g/mol. The van der Waals surface area contributed by atoms with Gasteiger partial charge in [-0.3, -0.25) is 9.69 Å². The van der Waals surface area contributed by atoms with Crippen molar-refractivity contribution >= 4 is 46.7 Å². The van der Waals surface area contributed by atoms with Crippen molar-refractivity contribution in [3.8, 4) is 16.9 Å². The summed E-state index contributed by atoms with van der Waals surface area (Å²) >= 11 is 7.24. The van der Waals surface area contributed by atoms with Crippen LogP contribution >= 0.6 is 23.4 Å². The molecule has 8 heteroatoms. The van der Waals surface area contributed by atoms with Crippen LogP contribution in [-0.4, -0.2) is 27.3 Å². The first-order valence-electron chi connectivity index (χ1n) is 11.1. The first kappa shape index (κ1) is 23.7. The number of benzene rings is 3. The third kappa shape index (κ3) is 5.43. The Kier molecular flexibility index (Phi) is 7.02. The van der Waals surface area contributed by atoms with E-state index < -0.39 is 0 Å². The molecule has 2 heterocycles. The molecule has 0 radical (unpaired) electrons. The molecule has 1 aliphatic rings. The molecule has 1 amide bonds. The van der Waals surface area contributed by atoms with Crippen LogP contribution in [-0.2, 0) is 11.3 Å². The van der Waals surface area contributed by atoms with Crippen molar-refractivity contribution in [2.45, 2.75) is 6.54 Å². The molecule has 1 saturated heterocycles. The monoisotopic (exact) mass is 513 g/mol. The van der Waals surface area contributed by atoms with Gasteiger partial charge in [-0.15, -0.1) is 5.10 Å². The SMILES string of the molecule is O=C1/C(=C/c2cc(Cl)ccc2O)S/C(=N\N=C\c2ccc(-c3ccccc3)cc2)N1Cc1ccco1.